The van der Waals surface area contributed by atoms with Crippen LogP contribution in [0.2, 0.25) is 0 Å². The van der Waals surface area contributed by atoms with Gasteiger partial charge in [0.2, 0.25) is 11.8 Å². The number of amides is 2. The second kappa shape index (κ2) is 21.1. The number of esters is 2. The molecule has 9 nitrogen and oxygen atoms in total. The molecule has 0 atom stereocenters. The van der Waals surface area contributed by atoms with Crippen molar-refractivity contribution in [2.24, 2.45) is 0 Å². The lowest BCUT2D eigenvalue weighted by Crippen LogP contribution is -2.25. The molecule has 0 aromatic rings. The van der Waals surface area contributed by atoms with Gasteiger partial charge in [-0.15, -0.1) is 0 Å². The number of methoxy groups -OCH3 is 2. The standard InChI is InChI=1S/C22H40N2O7/c1-29-21(27)13-5-3-7-15-23-19(25)11-9-17-31-18-10-12-20(26)24-16-8-4-6-14-22(28)30-2/h3-18H2,1-2H3,(H,23,25)(H,24,26). The maximum Gasteiger partial charge on any atom is 0.305 e. The van der Waals surface area contributed by atoms with Crippen molar-refractivity contribution < 1.29 is 33.4 Å². The first-order valence-corrected chi connectivity index (χ1v) is 11.2. The van der Waals surface area contributed by atoms with Crippen LogP contribution in [-0.4, -0.2) is 64.3 Å². The Morgan fingerprint density at radius 1 is 0.548 bits per heavy atom. The number of hydrogen-bond donors (Lipinski definition) is 2. The minimum absolute atomic E-state index is 0.00234. The molecule has 2 N–H and O–H groups in total. The molecule has 0 spiro atoms. The third-order valence-corrected chi connectivity index (χ3v) is 4.60. The van der Waals surface area contributed by atoms with E-state index >= 15 is 0 Å². The van der Waals surface area contributed by atoms with Gasteiger partial charge in [-0.05, 0) is 38.5 Å². The van der Waals surface area contributed by atoms with E-state index in [4.69, 9.17) is 4.74 Å². The zero-order chi connectivity index (χ0) is 23.2. The molecule has 180 valence electrons. The monoisotopic (exact) mass is 444 g/mol. The van der Waals surface area contributed by atoms with Crippen LogP contribution >= 0.6 is 0 Å². The number of unbranched alkanes of at least 4 members (excludes halogenated alkanes) is 4. The molecule has 0 heterocycles. The molecule has 0 radical (unpaired) electrons. The van der Waals surface area contributed by atoms with Crippen molar-refractivity contribution in [2.75, 3.05) is 40.5 Å². The third kappa shape index (κ3) is 20.9. The molecular weight excluding hydrogens is 404 g/mol. The van der Waals surface area contributed by atoms with Gasteiger partial charge in [-0.25, -0.2) is 0 Å². The predicted octanol–water partition coefficient (Wildman–Crippen LogP) is 2.26. The lowest BCUT2D eigenvalue weighted by atomic mass is 10.2. The first-order chi connectivity index (χ1) is 15.0. The molecule has 0 aliphatic rings. The number of carbonyl (C=O) groups excluding carboxylic acids is 4. The van der Waals surface area contributed by atoms with Gasteiger partial charge in [-0.2, -0.15) is 0 Å². The van der Waals surface area contributed by atoms with Crippen molar-refractivity contribution in [1.82, 2.24) is 10.6 Å². The van der Waals surface area contributed by atoms with Gasteiger partial charge < -0.3 is 24.8 Å². The second-order valence-electron chi connectivity index (χ2n) is 7.29. The van der Waals surface area contributed by atoms with Gasteiger partial charge >= 0.3 is 11.9 Å². The Bertz CT molecular complexity index is 468. The van der Waals surface area contributed by atoms with E-state index in [0.29, 0.717) is 64.8 Å². The molecule has 0 aromatic carbocycles. The minimum atomic E-state index is -0.200. The van der Waals surface area contributed by atoms with Gasteiger partial charge in [0.05, 0.1) is 14.2 Å². The van der Waals surface area contributed by atoms with Crippen LogP contribution in [0.5, 0.6) is 0 Å². The predicted molar refractivity (Wildman–Crippen MR) is 116 cm³/mol. The van der Waals surface area contributed by atoms with Crippen LogP contribution in [0.1, 0.15) is 77.0 Å². The molecule has 0 aliphatic heterocycles. The van der Waals surface area contributed by atoms with Crippen LogP contribution in [0.3, 0.4) is 0 Å². The number of rotatable bonds is 20. The van der Waals surface area contributed by atoms with E-state index in [0.717, 1.165) is 38.5 Å². The fourth-order valence-corrected chi connectivity index (χ4v) is 2.75. The Labute approximate surface area is 185 Å². The summed E-state index contributed by atoms with van der Waals surface area (Å²) in [5.41, 5.74) is 0. The first-order valence-electron chi connectivity index (χ1n) is 11.2. The SMILES string of the molecule is COC(=O)CCCCCNC(=O)CCCOCCCC(=O)NCCCCCC(=O)OC. The Kier molecular flexibility index (Phi) is 19.6. The van der Waals surface area contributed by atoms with Crippen molar-refractivity contribution in [1.29, 1.82) is 0 Å². The maximum atomic E-state index is 11.7. The normalized spacial score (nSPS) is 10.4. The number of ether oxygens (including phenoxy) is 3. The molecule has 0 aromatic heterocycles. The van der Waals surface area contributed by atoms with Crippen molar-refractivity contribution in [3.8, 4) is 0 Å². The molecule has 9 heteroatoms. The summed E-state index contributed by atoms with van der Waals surface area (Å²) in [5, 5.41) is 5.71. The molecule has 2 amide bonds. The van der Waals surface area contributed by atoms with Gasteiger partial charge in [-0.1, -0.05) is 12.8 Å². The summed E-state index contributed by atoms with van der Waals surface area (Å²) < 4.78 is 14.6. The van der Waals surface area contributed by atoms with Crippen LogP contribution < -0.4 is 10.6 Å². The Morgan fingerprint density at radius 3 is 1.35 bits per heavy atom. The quantitative estimate of drug-likeness (QED) is 0.218. The zero-order valence-electron chi connectivity index (χ0n) is 19.2. The lowest BCUT2D eigenvalue weighted by molar-refractivity contribution is -0.141. The van der Waals surface area contributed by atoms with Gasteiger partial charge in [-0.3, -0.25) is 19.2 Å². The summed E-state index contributed by atoms with van der Waals surface area (Å²) in [7, 11) is 2.76. The number of carbonyl (C=O) groups is 4. The number of hydrogen-bond acceptors (Lipinski definition) is 7. The van der Waals surface area contributed by atoms with Crippen molar-refractivity contribution in [2.45, 2.75) is 77.0 Å². The van der Waals surface area contributed by atoms with Gasteiger partial charge in [0.25, 0.3) is 0 Å². The topological polar surface area (TPSA) is 120 Å². The summed E-state index contributed by atoms with van der Waals surface area (Å²) >= 11 is 0. The number of nitrogens with one attached hydrogen (secondary N) is 2. The Balaban J connectivity index is 3.35. The summed E-state index contributed by atoms with van der Waals surface area (Å²) in [6.45, 7) is 2.21. The Morgan fingerprint density at radius 2 is 0.968 bits per heavy atom. The van der Waals surface area contributed by atoms with Gasteiger partial charge in [0.1, 0.15) is 0 Å². The van der Waals surface area contributed by atoms with Crippen molar-refractivity contribution >= 4 is 23.8 Å². The highest BCUT2D eigenvalue weighted by molar-refractivity contribution is 5.76. The summed E-state index contributed by atoms with van der Waals surface area (Å²) in [5.74, 6) is -0.396. The second-order valence-corrected chi connectivity index (χ2v) is 7.29. The summed E-state index contributed by atoms with van der Waals surface area (Å²) in [6.07, 6.45) is 7.93. The summed E-state index contributed by atoms with van der Waals surface area (Å²) in [4.78, 5) is 45.3. The molecular formula is C22H40N2O7. The average Bonchev–Trinajstić information content (AvgIpc) is 2.77. The van der Waals surface area contributed by atoms with Crippen LogP contribution in [0.15, 0.2) is 0 Å². The van der Waals surface area contributed by atoms with E-state index in [9.17, 15) is 19.2 Å². The van der Waals surface area contributed by atoms with Crippen LogP contribution in [0.4, 0.5) is 0 Å². The van der Waals surface area contributed by atoms with E-state index in [2.05, 4.69) is 20.1 Å². The fraction of sp³-hybridized carbons (Fsp3) is 0.818. The molecule has 0 rings (SSSR count). The summed E-state index contributed by atoms with van der Waals surface area (Å²) in [6, 6.07) is 0. The van der Waals surface area contributed by atoms with Crippen molar-refractivity contribution in [3.05, 3.63) is 0 Å². The highest BCUT2D eigenvalue weighted by atomic mass is 16.5. The van der Waals surface area contributed by atoms with Gasteiger partial charge in [0, 0.05) is 52.0 Å². The van der Waals surface area contributed by atoms with E-state index < -0.39 is 0 Å². The molecule has 0 aliphatic carbocycles. The average molecular weight is 445 g/mol. The zero-order valence-corrected chi connectivity index (χ0v) is 19.2. The van der Waals surface area contributed by atoms with Crippen LogP contribution in [0, 0.1) is 0 Å². The molecule has 0 fully saturated rings. The van der Waals surface area contributed by atoms with E-state index in [1.54, 1.807) is 0 Å². The molecule has 0 saturated heterocycles. The van der Waals surface area contributed by atoms with E-state index in [1.165, 1.54) is 14.2 Å². The molecule has 0 unspecified atom stereocenters. The van der Waals surface area contributed by atoms with E-state index in [1.807, 2.05) is 0 Å². The lowest BCUT2D eigenvalue weighted by Gasteiger charge is -2.07. The molecule has 0 bridgehead atoms. The Hall–Kier alpha value is -2.16. The first kappa shape index (κ1) is 28.8. The van der Waals surface area contributed by atoms with Crippen LogP contribution in [0.25, 0.3) is 0 Å². The maximum absolute atomic E-state index is 11.7. The van der Waals surface area contributed by atoms with E-state index in [-0.39, 0.29) is 23.8 Å². The molecule has 0 saturated carbocycles. The highest BCUT2D eigenvalue weighted by Crippen LogP contribution is 2.01. The van der Waals surface area contributed by atoms with Crippen LogP contribution in [-0.2, 0) is 33.4 Å². The highest BCUT2D eigenvalue weighted by Gasteiger charge is 2.04. The molecule has 31 heavy (non-hydrogen) atoms. The largest absolute Gasteiger partial charge is 0.469 e. The fourth-order valence-electron chi connectivity index (χ4n) is 2.75. The third-order valence-electron chi connectivity index (χ3n) is 4.60. The smallest absolute Gasteiger partial charge is 0.305 e. The van der Waals surface area contributed by atoms with Crippen molar-refractivity contribution in [3.63, 3.8) is 0 Å². The van der Waals surface area contributed by atoms with Gasteiger partial charge in [0.15, 0.2) is 0 Å². The minimum Gasteiger partial charge on any atom is -0.469 e.